The largest absolute Gasteiger partial charge is 0.461 e. The van der Waals surface area contributed by atoms with Gasteiger partial charge in [0.15, 0.2) is 0 Å². The maximum Gasteiger partial charge on any atom is 0.316 e. The van der Waals surface area contributed by atoms with Crippen LogP contribution in [0.15, 0.2) is 35.5 Å². The second kappa shape index (κ2) is 11.0. The van der Waals surface area contributed by atoms with E-state index in [1.165, 1.54) is 43.3 Å². The number of halogens is 1. The summed E-state index contributed by atoms with van der Waals surface area (Å²) in [5.41, 5.74) is 3.42. The molecule has 0 aliphatic heterocycles. The van der Waals surface area contributed by atoms with Crippen molar-refractivity contribution in [1.82, 2.24) is 0 Å². The molecule has 0 aromatic carbocycles. The Kier molecular flexibility index (Phi) is 8.73. The van der Waals surface area contributed by atoms with Gasteiger partial charge in [0.05, 0.1) is 0 Å². The number of carbonyl (C=O) groups is 1. The summed E-state index contributed by atoms with van der Waals surface area (Å²) < 4.78 is 5.57. The Labute approximate surface area is 209 Å². The second-order valence-corrected chi connectivity index (χ2v) is 11.7. The molecular weight excluding hydrogens is 476 g/mol. The molecule has 182 valence electrons. The summed E-state index contributed by atoms with van der Waals surface area (Å²) >= 11 is 3.18. The molecule has 3 aliphatic carbocycles. The number of fused-ring (bicyclic) bond motifs is 1. The number of hydrogen-bond donors (Lipinski definition) is 1. The van der Waals surface area contributed by atoms with Crippen molar-refractivity contribution < 1.29 is 14.6 Å². The molecule has 0 aromatic heterocycles. The predicted octanol–water partition coefficient (Wildman–Crippen LogP) is 6.90. The Balaban J connectivity index is 1.72. The minimum atomic E-state index is -0.912. The number of aliphatic hydroxyl groups is 1. The first-order chi connectivity index (χ1) is 15.5. The van der Waals surface area contributed by atoms with Crippen LogP contribution in [0.1, 0.15) is 85.5 Å². The zero-order valence-electron chi connectivity index (χ0n) is 20.9. The van der Waals surface area contributed by atoms with Crippen molar-refractivity contribution in [1.29, 1.82) is 0 Å². The van der Waals surface area contributed by atoms with Crippen molar-refractivity contribution in [3.63, 3.8) is 0 Å². The van der Waals surface area contributed by atoms with Crippen LogP contribution in [0.3, 0.4) is 0 Å². The lowest BCUT2D eigenvalue weighted by molar-refractivity contribution is -0.146. The first-order valence-corrected chi connectivity index (χ1v) is 13.7. The Morgan fingerprint density at radius 2 is 2.09 bits per heavy atom. The monoisotopic (exact) mass is 516 g/mol. The van der Waals surface area contributed by atoms with E-state index in [1.807, 2.05) is 0 Å². The Hall–Kier alpha value is -1.31. The molecule has 0 radical (unpaired) electrons. The number of allylic oxidation sites excluding steroid dienone is 4. The van der Waals surface area contributed by atoms with Gasteiger partial charge in [-0.1, -0.05) is 65.6 Å². The highest BCUT2D eigenvalue weighted by molar-refractivity contribution is 9.09. The van der Waals surface area contributed by atoms with Crippen LogP contribution in [0.4, 0.5) is 0 Å². The van der Waals surface area contributed by atoms with Gasteiger partial charge in [-0.05, 0) is 87.5 Å². The molecular formula is C29H41BrO3. The molecule has 33 heavy (non-hydrogen) atoms. The molecule has 3 nitrogen and oxygen atoms in total. The average Bonchev–Trinajstić information content (AvgIpc) is 3.10. The highest BCUT2D eigenvalue weighted by Gasteiger charge is 2.50. The van der Waals surface area contributed by atoms with Gasteiger partial charge < -0.3 is 9.84 Å². The van der Waals surface area contributed by atoms with Crippen LogP contribution in [0, 0.1) is 35.0 Å². The minimum Gasteiger partial charge on any atom is -0.461 e. The van der Waals surface area contributed by atoms with Crippen molar-refractivity contribution in [2.75, 3.05) is 5.33 Å². The minimum absolute atomic E-state index is 0.0384. The van der Waals surface area contributed by atoms with E-state index in [2.05, 4.69) is 60.3 Å². The van der Waals surface area contributed by atoms with E-state index in [-0.39, 0.29) is 17.4 Å². The molecule has 0 heterocycles. The number of alkyl halides is 1. The topological polar surface area (TPSA) is 46.5 Å². The lowest BCUT2D eigenvalue weighted by Crippen LogP contribution is -2.35. The van der Waals surface area contributed by atoms with Gasteiger partial charge in [-0.25, -0.2) is 0 Å². The molecule has 3 aliphatic rings. The summed E-state index contributed by atoms with van der Waals surface area (Å²) in [7, 11) is 0. The van der Waals surface area contributed by atoms with Crippen LogP contribution in [-0.2, 0) is 9.53 Å². The van der Waals surface area contributed by atoms with Crippen molar-refractivity contribution in [3.8, 4) is 11.8 Å². The second-order valence-electron chi connectivity index (χ2n) is 11.2. The van der Waals surface area contributed by atoms with Gasteiger partial charge in [0.25, 0.3) is 0 Å². The van der Waals surface area contributed by atoms with Gasteiger partial charge in [0, 0.05) is 12.8 Å². The van der Waals surface area contributed by atoms with E-state index in [0.717, 1.165) is 25.7 Å². The zero-order valence-corrected chi connectivity index (χ0v) is 22.5. The summed E-state index contributed by atoms with van der Waals surface area (Å²) in [5, 5.41) is 10.2. The molecule has 0 spiro atoms. The molecule has 2 unspecified atom stereocenters. The van der Waals surface area contributed by atoms with Gasteiger partial charge in [0.1, 0.15) is 17.0 Å². The van der Waals surface area contributed by atoms with Gasteiger partial charge in [-0.3, -0.25) is 4.79 Å². The number of hydrogen-bond acceptors (Lipinski definition) is 3. The normalized spacial score (nSPS) is 33.4. The summed E-state index contributed by atoms with van der Waals surface area (Å²) in [5.74, 6) is 7.90. The first kappa shape index (κ1) is 26.3. The van der Waals surface area contributed by atoms with Crippen LogP contribution < -0.4 is 0 Å². The molecule has 0 amide bonds. The fraction of sp³-hybridized carbons (Fsp3) is 0.690. The van der Waals surface area contributed by atoms with Crippen LogP contribution in [0.5, 0.6) is 0 Å². The molecule has 0 aromatic rings. The highest BCUT2D eigenvalue weighted by Crippen LogP contribution is 2.59. The SMILES string of the molecule is C=C1CC[C@H](OC(=O)CBr)C/C1=C/C=C1\CCCC2(C)C1CC[C@@H]2[C@@H](C)CC#CC(C)(C)O. The van der Waals surface area contributed by atoms with Gasteiger partial charge in [0.2, 0.25) is 0 Å². The smallest absolute Gasteiger partial charge is 0.316 e. The van der Waals surface area contributed by atoms with E-state index in [9.17, 15) is 9.90 Å². The summed E-state index contributed by atoms with van der Waals surface area (Å²) in [4.78, 5) is 11.7. The standard InChI is InChI=1S/C29H41BrO3/c1-20-10-13-24(33-27(31)19-30)18-23(20)12-11-22-9-7-17-29(5)25(14-15-26(22)29)21(2)8-6-16-28(3,4)32/h11-12,21,24-26,32H,1,7-10,13-15,17-19H2,2-5H3/b22-11+,23-12-/t21-,24-,25+,26?,29?/m0/s1. The molecule has 4 heteroatoms. The maximum atomic E-state index is 11.7. The fourth-order valence-corrected chi connectivity index (χ4v) is 6.62. The van der Waals surface area contributed by atoms with Crippen molar-refractivity contribution >= 4 is 21.9 Å². The molecule has 3 rings (SSSR count). The van der Waals surface area contributed by atoms with Crippen molar-refractivity contribution in [2.45, 2.75) is 97.2 Å². The third-order valence-corrected chi connectivity index (χ3v) is 8.58. The van der Waals surface area contributed by atoms with Gasteiger partial charge >= 0.3 is 5.97 Å². The number of esters is 1. The molecule has 0 saturated heterocycles. The Morgan fingerprint density at radius 1 is 1.33 bits per heavy atom. The maximum absolute atomic E-state index is 11.7. The number of ether oxygens (including phenoxy) is 1. The third kappa shape index (κ3) is 6.64. The van der Waals surface area contributed by atoms with E-state index in [4.69, 9.17) is 4.74 Å². The van der Waals surface area contributed by atoms with Crippen LogP contribution in [0.2, 0.25) is 0 Å². The van der Waals surface area contributed by atoms with E-state index >= 15 is 0 Å². The van der Waals surface area contributed by atoms with E-state index in [0.29, 0.717) is 23.2 Å². The summed E-state index contributed by atoms with van der Waals surface area (Å²) in [6, 6.07) is 0. The predicted molar refractivity (Wildman–Crippen MR) is 139 cm³/mol. The van der Waals surface area contributed by atoms with Crippen molar-refractivity contribution in [3.05, 3.63) is 35.5 Å². The van der Waals surface area contributed by atoms with E-state index in [1.54, 1.807) is 19.4 Å². The fourth-order valence-electron chi connectivity index (χ4n) is 6.48. The van der Waals surface area contributed by atoms with Gasteiger partial charge in [-0.2, -0.15) is 0 Å². The Morgan fingerprint density at radius 3 is 2.79 bits per heavy atom. The van der Waals surface area contributed by atoms with E-state index < -0.39 is 5.60 Å². The zero-order chi connectivity index (χ0) is 24.2. The summed E-state index contributed by atoms with van der Waals surface area (Å²) in [6.07, 6.45) is 14.2. The van der Waals surface area contributed by atoms with Gasteiger partial charge in [-0.15, -0.1) is 5.92 Å². The van der Waals surface area contributed by atoms with Crippen LogP contribution >= 0.6 is 15.9 Å². The molecule has 1 N–H and O–H groups in total. The first-order valence-electron chi connectivity index (χ1n) is 12.6. The van der Waals surface area contributed by atoms with Crippen molar-refractivity contribution in [2.24, 2.45) is 23.2 Å². The molecule has 0 bridgehead atoms. The summed E-state index contributed by atoms with van der Waals surface area (Å²) in [6.45, 7) is 12.6. The molecule has 3 fully saturated rings. The number of rotatable bonds is 5. The molecule has 5 atom stereocenters. The lowest BCUT2D eigenvalue weighted by Gasteiger charge is -2.44. The quantitative estimate of drug-likeness (QED) is 0.245. The highest BCUT2D eigenvalue weighted by atomic mass is 79.9. The number of carbonyl (C=O) groups excluding carboxylic acids is 1. The lowest BCUT2D eigenvalue weighted by atomic mass is 9.61. The van der Waals surface area contributed by atoms with Crippen LogP contribution in [-0.4, -0.2) is 28.1 Å². The molecule has 3 saturated carbocycles. The Bertz CT molecular complexity index is 866. The average molecular weight is 518 g/mol. The van der Waals surface area contributed by atoms with Crippen LogP contribution in [0.25, 0.3) is 0 Å². The third-order valence-electron chi connectivity index (χ3n) is 8.12.